The van der Waals surface area contributed by atoms with Gasteiger partial charge in [-0.3, -0.25) is 9.59 Å². The molecule has 1 fully saturated rings. The fourth-order valence-corrected chi connectivity index (χ4v) is 2.59. The zero-order valence-corrected chi connectivity index (χ0v) is 33.7. The number of nitrogens with zero attached hydrogens (tertiary/aromatic N) is 4. The Hall–Kier alpha value is -2.68. The predicted octanol–water partition coefficient (Wildman–Crippen LogP) is 1.29. The second kappa shape index (κ2) is 42.0. The van der Waals surface area contributed by atoms with Crippen LogP contribution >= 0.6 is 0 Å². The predicted molar refractivity (Wildman–Crippen MR) is 167 cm³/mol. The van der Waals surface area contributed by atoms with Gasteiger partial charge in [0.05, 0.1) is 6.42 Å². The Bertz CT molecular complexity index is 964. The van der Waals surface area contributed by atoms with Crippen molar-refractivity contribution in [1.29, 1.82) is 0 Å². The van der Waals surface area contributed by atoms with Crippen LogP contribution in [-0.4, -0.2) is 144 Å². The van der Waals surface area contributed by atoms with E-state index < -0.39 is 82.9 Å². The van der Waals surface area contributed by atoms with Gasteiger partial charge in [0.2, 0.25) is 11.6 Å². The number of hydrogen-bond donors (Lipinski definition) is 3. The van der Waals surface area contributed by atoms with E-state index in [1.54, 1.807) is 0 Å². The first-order valence-electron chi connectivity index (χ1n) is 13.7. The molecule has 1 rings (SSSR count). The molecule has 0 aliphatic carbocycles. The molecule has 2 atom stereocenters. The van der Waals surface area contributed by atoms with E-state index >= 15 is 0 Å². The molecule has 2 unspecified atom stereocenters. The Morgan fingerprint density at radius 1 is 0.627 bits per heavy atom. The van der Waals surface area contributed by atoms with Gasteiger partial charge in [-0.2, -0.15) is 52.7 Å². The van der Waals surface area contributed by atoms with E-state index in [1.807, 2.05) is 13.8 Å². The number of Topliss-reactive ketones (excluding diaryl/α,β-unsaturated/α-hetero) is 2. The molecule has 0 saturated carbocycles. The van der Waals surface area contributed by atoms with Crippen LogP contribution in [0.2, 0.25) is 0 Å². The van der Waals surface area contributed by atoms with E-state index in [1.165, 1.54) is 13.0 Å². The molecule has 1 radical (unpaired) electrons. The Balaban J connectivity index is -0.0000000487. The quantitative estimate of drug-likeness (QED) is 0.134. The van der Waals surface area contributed by atoms with Crippen LogP contribution in [0.1, 0.15) is 59.8 Å². The monoisotopic (exact) mass is 1070 g/mol. The van der Waals surface area contributed by atoms with Crippen LogP contribution in [-0.2, 0) is 19.1 Å². The Kier molecular flexibility index (Phi) is 62.5. The number of ether oxygens (including phenoxy) is 2. The average molecular weight is 1070 g/mol. The molecule has 1 aliphatic rings. The van der Waals surface area contributed by atoms with E-state index in [9.17, 15) is 62.3 Å². The normalized spacial score (nSPS) is 15.2. The van der Waals surface area contributed by atoms with E-state index in [0.717, 1.165) is 5.92 Å². The molecule has 0 aromatic carbocycles. The largest absolute Gasteiger partial charge is 0.450 e. The van der Waals surface area contributed by atoms with Crippen LogP contribution in [0.25, 0.3) is 0 Å². The summed E-state index contributed by atoms with van der Waals surface area (Å²) in [4.78, 5) is 47.1. The molecule has 15 N–H and O–H groups in total. The van der Waals surface area contributed by atoms with E-state index in [0.29, 0.717) is 6.42 Å². The Morgan fingerprint density at radius 2 is 0.864 bits per heavy atom. The van der Waals surface area contributed by atoms with Gasteiger partial charge in [-0.15, -0.1) is 30.3 Å². The minimum absolute atomic E-state index is 0. The summed E-state index contributed by atoms with van der Waals surface area (Å²) in [6, 6.07) is 0. The number of rotatable bonds is 8. The van der Waals surface area contributed by atoms with E-state index in [-0.39, 0.29) is 94.6 Å². The maximum Gasteiger partial charge on any atom is 0.450 e. The minimum atomic E-state index is -5.40. The standard InChI is InChI=1S/C11H16F6O2.C7H17N.C5H2F6O2.Eu.3HNO3.6H2O/c1-6(2)3-4-9-18-7(10(12,13)14)5-8(19-9)11(15,16)17;1-7(2)5-6-8(3)4;6-4(7,8)2(12)1-3(13)5(9,10)11;;3*2-1(3)4;;;;;;/h6-9H,3-5H2,1-2H3;7H,5-6H2,1-4H3;1H2;;3*(H,2,3,4);6*1H2. The van der Waals surface area contributed by atoms with Gasteiger partial charge in [0.1, 0.15) is 0 Å². The SMILES string of the molecule is CC(C)CCC1OC(C(F)(F)F)CC(C(F)(F)F)O1.CC(C)CCN(C)C.O.O.O.O.O.O.O=C(CC(=O)C(F)(F)F)C(F)(F)F.O=[N+]([O-])O.O=[N+]([O-])O.O=[N+]([O-])O.[Eu]. The second-order valence-corrected chi connectivity index (χ2v) is 10.7. The van der Waals surface area contributed by atoms with Crippen LogP contribution in [0.15, 0.2) is 0 Å². The molecule has 0 bridgehead atoms. The molecule has 0 aromatic rings. The van der Waals surface area contributed by atoms with Crippen LogP contribution < -0.4 is 0 Å². The Labute approximate surface area is 365 Å². The summed E-state index contributed by atoms with van der Waals surface area (Å²) >= 11 is 0. The van der Waals surface area contributed by atoms with Crippen molar-refractivity contribution < 1.29 is 185 Å². The first kappa shape index (κ1) is 87.7. The summed E-state index contributed by atoms with van der Waals surface area (Å²) in [6.07, 6.45) is -28.4. The van der Waals surface area contributed by atoms with Crippen molar-refractivity contribution in [2.45, 2.75) is 103 Å². The van der Waals surface area contributed by atoms with Crippen LogP contribution in [0, 0.1) is 91.6 Å². The topological polar surface area (TPSA) is 435 Å². The van der Waals surface area contributed by atoms with Gasteiger partial charge < -0.3 is 62.9 Å². The van der Waals surface area contributed by atoms with Crippen molar-refractivity contribution >= 4 is 11.6 Å². The molecule has 0 aromatic heterocycles. The summed E-state index contributed by atoms with van der Waals surface area (Å²) < 4.78 is 152. The summed E-state index contributed by atoms with van der Waals surface area (Å²) in [5.74, 6) is -4.41. The van der Waals surface area contributed by atoms with Crippen molar-refractivity contribution in [2.75, 3.05) is 20.6 Å². The fourth-order valence-electron chi connectivity index (χ4n) is 2.59. The fraction of sp³-hybridized carbons (Fsp3) is 0.913. The molecular weight excluding hydrogens is 1020 g/mol. The number of halogens is 12. The van der Waals surface area contributed by atoms with Gasteiger partial charge in [0.15, 0.2) is 18.5 Å². The molecule has 1 aliphatic heterocycles. The van der Waals surface area contributed by atoms with Crippen molar-refractivity contribution in [3.8, 4) is 0 Å². The molecule has 367 valence electrons. The van der Waals surface area contributed by atoms with Gasteiger partial charge in [-0.1, -0.05) is 27.7 Å². The molecular formula is C23H50EuF12N4O19. The van der Waals surface area contributed by atoms with Crippen molar-refractivity contribution in [3.05, 3.63) is 30.3 Å². The second-order valence-electron chi connectivity index (χ2n) is 10.7. The zero-order valence-electron chi connectivity index (χ0n) is 31.3. The van der Waals surface area contributed by atoms with Crippen molar-refractivity contribution in [1.82, 2.24) is 4.90 Å². The molecule has 0 spiro atoms. The molecule has 59 heavy (non-hydrogen) atoms. The first-order valence-corrected chi connectivity index (χ1v) is 13.7. The van der Waals surface area contributed by atoms with Crippen molar-refractivity contribution in [3.63, 3.8) is 0 Å². The van der Waals surface area contributed by atoms with Crippen LogP contribution in [0.3, 0.4) is 0 Å². The summed E-state index contributed by atoms with van der Waals surface area (Å²) in [5.41, 5.74) is 0. The van der Waals surface area contributed by atoms with Gasteiger partial charge in [-0.05, 0) is 51.7 Å². The third-order valence-electron chi connectivity index (χ3n) is 4.88. The smallest absolute Gasteiger partial charge is 0.412 e. The van der Waals surface area contributed by atoms with Crippen molar-refractivity contribution in [2.24, 2.45) is 11.8 Å². The van der Waals surface area contributed by atoms with Crippen LogP contribution in [0.5, 0.6) is 0 Å². The summed E-state index contributed by atoms with van der Waals surface area (Å²) in [6.45, 7) is 9.35. The Morgan fingerprint density at radius 3 is 1.02 bits per heavy atom. The summed E-state index contributed by atoms with van der Waals surface area (Å²) in [5, 5.41) is 40.9. The number of carbonyl (C=O) groups excluding carboxylic acids is 2. The van der Waals surface area contributed by atoms with Gasteiger partial charge >= 0.3 is 24.7 Å². The number of alkyl halides is 12. The van der Waals surface area contributed by atoms with E-state index in [2.05, 4.69) is 42.3 Å². The van der Waals surface area contributed by atoms with Gasteiger partial charge in [-0.25, -0.2) is 0 Å². The maximum absolute atomic E-state index is 12.5. The molecule has 23 nitrogen and oxygen atoms in total. The molecule has 36 heteroatoms. The minimum Gasteiger partial charge on any atom is -0.412 e. The molecule has 1 saturated heterocycles. The number of hydrogen-bond acceptors (Lipinski definition) is 11. The number of carbonyl (C=O) groups is 2. The first-order chi connectivity index (χ1) is 22.9. The number of ketones is 2. The van der Waals surface area contributed by atoms with Crippen LogP contribution in [0.4, 0.5) is 52.7 Å². The summed E-state index contributed by atoms with van der Waals surface area (Å²) in [7, 11) is 4.23. The van der Waals surface area contributed by atoms with E-state index in [4.69, 9.17) is 46.0 Å². The third-order valence-corrected chi connectivity index (χ3v) is 4.88. The molecule has 0 amide bonds. The van der Waals surface area contributed by atoms with Gasteiger partial charge in [0, 0.05) is 55.8 Å². The molecule has 1 heterocycles. The third kappa shape index (κ3) is 70.2. The van der Waals surface area contributed by atoms with Gasteiger partial charge in [0.25, 0.3) is 15.3 Å². The zero-order chi connectivity index (χ0) is 43.0. The maximum atomic E-state index is 12.5. The average Bonchev–Trinajstić information content (AvgIpc) is 2.88.